The van der Waals surface area contributed by atoms with E-state index < -0.39 is 0 Å². The normalized spacial score (nSPS) is 27.8. The molecule has 2 nitrogen and oxygen atoms in total. The number of nitrogens with one attached hydrogen (secondary N) is 1. The maximum Gasteiger partial charge on any atom is 0.276 e. The van der Waals surface area contributed by atoms with Gasteiger partial charge in [-0.3, -0.25) is 4.79 Å². The average Bonchev–Trinajstić information content (AvgIpc) is 2.12. The lowest BCUT2D eigenvalue weighted by Crippen LogP contribution is -2.30. The van der Waals surface area contributed by atoms with E-state index in [0.717, 1.165) is 12.8 Å². The maximum atomic E-state index is 10.7. The standard InChI is InChI=1S/C10H19NOS/c1-10(2)6-3-4-8(5-7-10)11-9(12)13/h8H,3-7H2,1-2H3,(H2,11,12,13). The lowest BCUT2D eigenvalue weighted by atomic mass is 9.85. The summed E-state index contributed by atoms with van der Waals surface area (Å²) in [5.41, 5.74) is 0.454. The van der Waals surface area contributed by atoms with Crippen LogP contribution in [0.4, 0.5) is 4.79 Å². The molecule has 13 heavy (non-hydrogen) atoms. The molecule has 1 saturated carbocycles. The van der Waals surface area contributed by atoms with Gasteiger partial charge in [-0.05, 0) is 31.1 Å². The Morgan fingerprint density at radius 3 is 2.69 bits per heavy atom. The molecule has 76 valence electrons. The minimum atomic E-state index is -0.190. The van der Waals surface area contributed by atoms with Crippen LogP contribution < -0.4 is 5.32 Å². The van der Waals surface area contributed by atoms with Crippen LogP contribution in [0.5, 0.6) is 0 Å². The Bertz CT molecular complexity index is 191. The van der Waals surface area contributed by atoms with Crippen molar-refractivity contribution < 1.29 is 4.79 Å². The van der Waals surface area contributed by atoms with Gasteiger partial charge in [0.15, 0.2) is 0 Å². The Hall–Kier alpha value is -0.180. The maximum absolute atomic E-state index is 10.7. The number of carbonyl (C=O) groups excluding carboxylic acids is 1. The third-order valence-electron chi connectivity index (χ3n) is 2.90. The highest BCUT2D eigenvalue weighted by Crippen LogP contribution is 2.33. The predicted octanol–water partition coefficient (Wildman–Crippen LogP) is 2.98. The fourth-order valence-electron chi connectivity index (χ4n) is 1.98. The van der Waals surface area contributed by atoms with Gasteiger partial charge in [0, 0.05) is 6.04 Å². The van der Waals surface area contributed by atoms with Crippen molar-refractivity contribution in [1.29, 1.82) is 0 Å². The molecule has 1 aliphatic carbocycles. The highest BCUT2D eigenvalue weighted by atomic mass is 32.1. The second-order valence-electron chi connectivity index (χ2n) is 4.74. The number of amides is 1. The van der Waals surface area contributed by atoms with Gasteiger partial charge >= 0.3 is 0 Å². The van der Waals surface area contributed by atoms with Gasteiger partial charge in [-0.15, -0.1) is 0 Å². The zero-order chi connectivity index (χ0) is 9.90. The zero-order valence-electron chi connectivity index (χ0n) is 8.47. The molecular formula is C10H19NOS. The van der Waals surface area contributed by atoms with Crippen LogP contribution >= 0.6 is 12.6 Å². The van der Waals surface area contributed by atoms with Gasteiger partial charge in [-0.2, -0.15) is 0 Å². The molecule has 0 spiro atoms. The smallest absolute Gasteiger partial charge is 0.276 e. The molecule has 1 fully saturated rings. The molecule has 0 aromatic heterocycles. The molecule has 1 unspecified atom stereocenters. The van der Waals surface area contributed by atoms with Crippen LogP contribution in [0.3, 0.4) is 0 Å². The Labute approximate surface area is 85.9 Å². The van der Waals surface area contributed by atoms with Crippen molar-refractivity contribution in [2.24, 2.45) is 5.41 Å². The summed E-state index contributed by atoms with van der Waals surface area (Å²) in [6, 6.07) is 0.353. The van der Waals surface area contributed by atoms with E-state index in [1.165, 1.54) is 19.3 Å². The molecular weight excluding hydrogens is 182 g/mol. The van der Waals surface area contributed by atoms with Gasteiger partial charge in [0.05, 0.1) is 0 Å². The second-order valence-corrected chi connectivity index (χ2v) is 5.15. The van der Waals surface area contributed by atoms with Crippen molar-refractivity contribution >= 4 is 17.9 Å². The van der Waals surface area contributed by atoms with E-state index in [1.54, 1.807) is 0 Å². The number of thiol groups is 1. The van der Waals surface area contributed by atoms with Crippen LogP contribution in [-0.2, 0) is 0 Å². The van der Waals surface area contributed by atoms with E-state index in [4.69, 9.17) is 0 Å². The lowest BCUT2D eigenvalue weighted by molar-refractivity contribution is 0.255. The number of hydrogen-bond acceptors (Lipinski definition) is 1. The molecule has 1 amide bonds. The molecule has 1 rings (SSSR count). The zero-order valence-corrected chi connectivity index (χ0v) is 9.36. The Morgan fingerprint density at radius 2 is 2.08 bits per heavy atom. The van der Waals surface area contributed by atoms with Crippen LogP contribution in [0, 0.1) is 5.41 Å². The molecule has 3 heteroatoms. The second kappa shape index (κ2) is 4.36. The number of rotatable bonds is 1. The van der Waals surface area contributed by atoms with Crippen LogP contribution in [0.2, 0.25) is 0 Å². The Morgan fingerprint density at radius 1 is 1.38 bits per heavy atom. The number of hydrogen-bond donors (Lipinski definition) is 2. The van der Waals surface area contributed by atoms with E-state index in [0.29, 0.717) is 11.5 Å². The van der Waals surface area contributed by atoms with Crippen LogP contribution in [0.15, 0.2) is 0 Å². The summed E-state index contributed by atoms with van der Waals surface area (Å²) < 4.78 is 0. The molecule has 0 saturated heterocycles. The minimum absolute atomic E-state index is 0.190. The fraction of sp³-hybridized carbons (Fsp3) is 0.900. The molecule has 0 aromatic carbocycles. The average molecular weight is 201 g/mol. The largest absolute Gasteiger partial charge is 0.344 e. The van der Waals surface area contributed by atoms with Gasteiger partial charge in [0.25, 0.3) is 5.24 Å². The van der Waals surface area contributed by atoms with Crippen molar-refractivity contribution in [2.75, 3.05) is 0 Å². The third-order valence-corrected chi connectivity index (χ3v) is 3.03. The van der Waals surface area contributed by atoms with Crippen LogP contribution in [-0.4, -0.2) is 11.3 Å². The van der Waals surface area contributed by atoms with E-state index in [-0.39, 0.29) is 5.24 Å². The molecule has 0 heterocycles. The molecule has 0 aromatic rings. The van der Waals surface area contributed by atoms with Gasteiger partial charge in [-0.1, -0.05) is 32.9 Å². The van der Waals surface area contributed by atoms with Gasteiger partial charge < -0.3 is 5.32 Å². The molecule has 0 aliphatic heterocycles. The van der Waals surface area contributed by atoms with Crippen molar-refractivity contribution in [3.63, 3.8) is 0 Å². The van der Waals surface area contributed by atoms with Crippen LogP contribution in [0.1, 0.15) is 46.0 Å². The first kappa shape index (κ1) is 10.9. The first-order chi connectivity index (χ1) is 5.99. The Balaban J connectivity index is 2.40. The Kier molecular flexibility index (Phi) is 3.65. The first-order valence-electron chi connectivity index (χ1n) is 4.99. The highest BCUT2D eigenvalue weighted by molar-refractivity contribution is 7.96. The summed E-state index contributed by atoms with van der Waals surface area (Å²) in [7, 11) is 0. The summed E-state index contributed by atoms with van der Waals surface area (Å²) in [5, 5.41) is 2.69. The van der Waals surface area contributed by atoms with Gasteiger partial charge in [0.1, 0.15) is 0 Å². The molecule has 1 aliphatic rings. The van der Waals surface area contributed by atoms with Gasteiger partial charge in [-0.25, -0.2) is 0 Å². The molecule has 0 radical (unpaired) electrons. The minimum Gasteiger partial charge on any atom is -0.344 e. The molecule has 1 atom stereocenters. The lowest BCUT2D eigenvalue weighted by Gasteiger charge is -2.21. The number of carbonyl (C=O) groups is 1. The van der Waals surface area contributed by atoms with E-state index in [1.807, 2.05) is 0 Å². The molecule has 1 N–H and O–H groups in total. The SMILES string of the molecule is CC1(C)CCCC(NC(=O)S)CC1. The van der Waals surface area contributed by atoms with E-state index in [9.17, 15) is 4.79 Å². The highest BCUT2D eigenvalue weighted by Gasteiger charge is 2.24. The molecule has 0 bridgehead atoms. The summed E-state index contributed by atoms with van der Waals surface area (Å²) in [6.45, 7) is 4.61. The van der Waals surface area contributed by atoms with Gasteiger partial charge in [0.2, 0.25) is 0 Å². The van der Waals surface area contributed by atoms with Crippen molar-refractivity contribution in [1.82, 2.24) is 5.32 Å². The van der Waals surface area contributed by atoms with Crippen molar-refractivity contribution in [2.45, 2.75) is 52.0 Å². The monoisotopic (exact) mass is 201 g/mol. The van der Waals surface area contributed by atoms with Crippen LogP contribution in [0.25, 0.3) is 0 Å². The topological polar surface area (TPSA) is 29.1 Å². The summed E-state index contributed by atoms with van der Waals surface area (Å²) >= 11 is 3.74. The fourth-order valence-corrected chi connectivity index (χ4v) is 2.16. The van der Waals surface area contributed by atoms with E-state index >= 15 is 0 Å². The summed E-state index contributed by atoms with van der Waals surface area (Å²) in [4.78, 5) is 10.7. The van der Waals surface area contributed by atoms with E-state index in [2.05, 4.69) is 31.8 Å². The summed E-state index contributed by atoms with van der Waals surface area (Å²) in [5.74, 6) is 0. The quantitative estimate of drug-likeness (QED) is 0.495. The third kappa shape index (κ3) is 4.03. The predicted molar refractivity (Wildman–Crippen MR) is 58.2 cm³/mol. The summed E-state index contributed by atoms with van der Waals surface area (Å²) in [6.07, 6.45) is 5.89. The van der Waals surface area contributed by atoms with Crippen molar-refractivity contribution in [3.8, 4) is 0 Å². The first-order valence-corrected chi connectivity index (χ1v) is 5.44. The van der Waals surface area contributed by atoms with Crippen molar-refractivity contribution in [3.05, 3.63) is 0 Å².